The van der Waals surface area contributed by atoms with Gasteiger partial charge in [0.15, 0.2) is 0 Å². The lowest BCUT2D eigenvalue weighted by molar-refractivity contribution is 0.122. The minimum atomic E-state index is 0.218. The summed E-state index contributed by atoms with van der Waals surface area (Å²) in [7, 11) is 0. The Kier molecular flexibility index (Phi) is 6.29. The Balaban J connectivity index is 1.23. The van der Waals surface area contributed by atoms with Crippen molar-refractivity contribution in [1.82, 2.24) is 19.9 Å². The number of hydrogen-bond donors (Lipinski definition) is 1. The summed E-state index contributed by atoms with van der Waals surface area (Å²) < 4.78 is 12.1. The molecule has 168 valence electrons. The number of benzene rings is 1. The molecule has 1 N–H and O–H groups in total. The van der Waals surface area contributed by atoms with Gasteiger partial charge in [0.1, 0.15) is 23.7 Å². The molecule has 0 atom stereocenters. The first-order valence-corrected chi connectivity index (χ1v) is 11.5. The van der Waals surface area contributed by atoms with Crippen LogP contribution in [0.1, 0.15) is 31.5 Å². The summed E-state index contributed by atoms with van der Waals surface area (Å²) >= 11 is 0. The average molecular weight is 435 g/mol. The van der Waals surface area contributed by atoms with Crippen molar-refractivity contribution in [2.75, 3.05) is 43.1 Å². The van der Waals surface area contributed by atoms with Crippen molar-refractivity contribution in [2.24, 2.45) is 5.92 Å². The van der Waals surface area contributed by atoms with E-state index in [1.165, 1.54) is 0 Å². The highest BCUT2D eigenvalue weighted by Gasteiger charge is 2.24. The number of anilines is 2. The van der Waals surface area contributed by atoms with Crippen molar-refractivity contribution < 1.29 is 9.47 Å². The first-order chi connectivity index (χ1) is 15.7. The van der Waals surface area contributed by atoms with E-state index in [2.05, 4.69) is 42.3 Å². The summed E-state index contributed by atoms with van der Waals surface area (Å²) in [5.41, 5.74) is 2.07. The molecule has 8 nitrogen and oxygen atoms in total. The van der Waals surface area contributed by atoms with Crippen LogP contribution < -0.4 is 15.0 Å². The van der Waals surface area contributed by atoms with Gasteiger partial charge in [-0.15, -0.1) is 0 Å². The van der Waals surface area contributed by atoms with Gasteiger partial charge in [-0.1, -0.05) is 0 Å². The number of nitrogens with zero attached hydrogens (tertiary/aromatic N) is 5. The van der Waals surface area contributed by atoms with Crippen molar-refractivity contribution in [3.05, 3.63) is 42.7 Å². The van der Waals surface area contributed by atoms with Gasteiger partial charge < -0.3 is 19.7 Å². The first kappa shape index (κ1) is 20.9. The van der Waals surface area contributed by atoms with Crippen LogP contribution in [0, 0.1) is 12.8 Å². The summed E-state index contributed by atoms with van der Waals surface area (Å²) in [5.74, 6) is 3.22. The molecule has 2 aliphatic rings. The van der Waals surface area contributed by atoms with E-state index in [-0.39, 0.29) is 6.10 Å². The second-order valence-electron chi connectivity index (χ2n) is 8.63. The molecule has 0 unspecified atom stereocenters. The van der Waals surface area contributed by atoms with E-state index in [1.54, 1.807) is 12.5 Å². The summed E-state index contributed by atoms with van der Waals surface area (Å²) in [6.07, 6.45) is 9.86. The van der Waals surface area contributed by atoms with Gasteiger partial charge in [0.2, 0.25) is 0 Å². The summed E-state index contributed by atoms with van der Waals surface area (Å²) in [6.45, 7) is 6.14. The second-order valence-corrected chi connectivity index (χ2v) is 8.63. The molecule has 2 fully saturated rings. The van der Waals surface area contributed by atoms with E-state index >= 15 is 0 Å². The maximum Gasteiger partial charge on any atom is 0.132 e. The van der Waals surface area contributed by atoms with E-state index in [0.29, 0.717) is 5.92 Å². The first-order valence-electron chi connectivity index (χ1n) is 11.5. The lowest BCUT2D eigenvalue weighted by atomic mass is 9.87. The highest BCUT2D eigenvalue weighted by Crippen LogP contribution is 2.34. The maximum absolute atomic E-state index is 6.55. The zero-order chi connectivity index (χ0) is 21.8. The zero-order valence-electron chi connectivity index (χ0n) is 18.5. The van der Waals surface area contributed by atoms with Gasteiger partial charge >= 0.3 is 0 Å². The Hall–Kier alpha value is -3.00. The third kappa shape index (κ3) is 4.91. The smallest absolute Gasteiger partial charge is 0.132 e. The molecule has 0 spiro atoms. The molecule has 0 amide bonds. The van der Waals surface area contributed by atoms with Crippen molar-refractivity contribution in [1.29, 1.82) is 0 Å². The molecule has 5 rings (SSSR count). The topological polar surface area (TPSA) is 85.3 Å². The minimum absolute atomic E-state index is 0.218. The van der Waals surface area contributed by atoms with E-state index < -0.39 is 0 Å². The summed E-state index contributed by atoms with van der Waals surface area (Å²) in [5, 5.41) is 4.44. The van der Waals surface area contributed by atoms with Gasteiger partial charge in [-0.2, -0.15) is 0 Å². The Labute approximate surface area is 188 Å². The van der Waals surface area contributed by atoms with Crippen LogP contribution in [-0.4, -0.2) is 58.9 Å². The number of ether oxygens (including phenoxy) is 2. The van der Waals surface area contributed by atoms with Crippen molar-refractivity contribution in [3.8, 4) is 5.75 Å². The van der Waals surface area contributed by atoms with E-state index in [1.807, 2.05) is 19.2 Å². The highest BCUT2D eigenvalue weighted by atomic mass is 16.5. The largest absolute Gasteiger partial charge is 0.490 e. The maximum atomic E-state index is 6.55. The van der Waals surface area contributed by atoms with Gasteiger partial charge in [0.05, 0.1) is 30.2 Å². The molecule has 1 saturated heterocycles. The standard InChI is InChI=1S/C24H30N6O2/c1-17-26-7-6-24(29-17)27-14-18-2-4-20(5-3-18)32-23-13-19(30-8-10-31-11-9-30)12-22-21(23)15-25-16-28-22/h6-7,12-13,15-16,18,20H,2-5,8-11,14H2,1H3,(H,26,27,29). The number of rotatable bonds is 6. The molecular formula is C24H30N6O2. The van der Waals surface area contributed by atoms with Crippen molar-refractivity contribution in [3.63, 3.8) is 0 Å². The Morgan fingerprint density at radius 2 is 1.97 bits per heavy atom. The molecule has 1 aliphatic heterocycles. The van der Waals surface area contributed by atoms with Gasteiger partial charge in [-0.05, 0) is 50.7 Å². The number of morpholine rings is 1. The zero-order valence-corrected chi connectivity index (χ0v) is 18.5. The number of aryl methyl sites for hydroxylation is 1. The van der Waals surface area contributed by atoms with Crippen LogP contribution in [0.3, 0.4) is 0 Å². The lowest BCUT2D eigenvalue weighted by Crippen LogP contribution is -2.36. The predicted molar refractivity (Wildman–Crippen MR) is 124 cm³/mol. The fraction of sp³-hybridized carbons (Fsp3) is 0.500. The van der Waals surface area contributed by atoms with E-state index in [0.717, 1.165) is 92.5 Å². The van der Waals surface area contributed by atoms with E-state index in [4.69, 9.17) is 9.47 Å². The number of aromatic nitrogens is 4. The molecule has 8 heteroatoms. The molecule has 0 bridgehead atoms. The molecule has 3 aromatic rings. The molecular weight excluding hydrogens is 404 g/mol. The lowest BCUT2D eigenvalue weighted by Gasteiger charge is -2.31. The number of nitrogens with one attached hydrogen (secondary N) is 1. The molecule has 3 heterocycles. The van der Waals surface area contributed by atoms with Gasteiger partial charge in [0.25, 0.3) is 0 Å². The van der Waals surface area contributed by atoms with Crippen LogP contribution in [-0.2, 0) is 4.74 Å². The Bertz CT molecular complexity index is 1050. The summed E-state index contributed by atoms with van der Waals surface area (Å²) in [6, 6.07) is 6.21. The quantitative estimate of drug-likeness (QED) is 0.630. The number of fused-ring (bicyclic) bond motifs is 1. The molecule has 2 aromatic heterocycles. The molecule has 1 aromatic carbocycles. The molecule has 1 saturated carbocycles. The predicted octanol–water partition coefficient (Wildman–Crippen LogP) is 3.61. The van der Waals surface area contributed by atoms with Crippen LogP contribution >= 0.6 is 0 Å². The van der Waals surface area contributed by atoms with Gasteiger partial charge in [0, 0.05) is 43.8 Å². The van der Waals surface area contributed by atoms with Crippen molar-refractivity contribution >= 4 is 22.4 Å². The monoisotopic (exact) mass is 434 g/mol. The van der Waals surface area contributed by atoms with Crippen LogP contribution in [0.4, 0.5) is 11.5 Å². The average Bonchev–Trinajstić information content (AvgIpc) is 2.84. The third-order valence-electron chi connectivity index (χ3n) is 6.38. The molecule has 32 heavy (non-hydrogen) atoms. The molecule has 1 aliphatic carbocycles. The summed E-state index contributed by atoms with van der Waals surface area (Å²) in [4.78, 5) is 19.7. The normalized spacial score (nSPS) is 21.5. The number of hydrogen-bond acceptors (Lipinski definition) is 8. The van der Waals surface area contributed by atoms with Crippen LogP contribution in [0.25, 0.3) is 10.9 Å². The highest BCUT2D eigenvalue weighted by molar-refractivity contribution is 5.88. The van der Waals surface area contributed by atoms with E-state index in [9.17, 15) is 0 Å². The fourth-order valence-electron chi connectivity index (χ4n) is 4.58. The molecule has 0 radical (unpaired) electrons. The second kappa shape index (κ2) is 9.65. The Morgan fingerprint density at radius 1 is 1.12 bits per heavy atom. The SMILES string of the molecule is Cc1nccc(NCC2CCC(Oc3cc(N4CCOCC4)cc4ncncc34)CC2)n1. The van der Waals surface area contributed by atoms with Gasteiger partial charge in [-0.25, -0.2) is 19.9 Å². The van der Waals surface area contributed by atoms with Crippen molar-refractivity contribution in [2.45, 2.75) is 38.7 Å². The fourth-order valence-corrected chi connectivity index (χ4v) is 4.58. The van der Waals surface area contributed by atoms with Crippen LogP contribution in [0.2, 0.25) is 0 Å². The minimum Gasteiger partial charge on any atom is -0.490 e. The third-order valence-corrected chi connectivity index (χ3v) is 6.38. The van der Waals surface area contributed by atoms with Crippen LogP contribution in [0.15, 0.2) is 36.9 Å². The Morgan fingerprint density at radius 3 is 2.78 bits per heavy atom. The van der Waals surface area contributed by atoms with Crippen LogP contribution in [0.5, 0.6) is 5.75 Å². The van der Waals surface area contributed by atoms with Gasteiger partial charge in [-0.3, -0.25) is 0 Å².